The second kappa shape index (κ2) is 2.05. The summed E-state index contributed by atoms with van der Waals surface area (Å²) in [5.41, 5.74) is 1.62. The molecule has 0 fully saturated rings. The summed E-state index contributed by atoms with van der Waals surface area (Å²) in [6.45, 7) is 2.41. The number of aliphatic imine (C=N–C) groups is 1. The summed E-state index contributed by atoms with van der Waals surface area (Å²) in [4.78, 5) is 14.8. The molecular weight excluding hydrogens is 142 g/mol. The quantitative estimate of drug-likeness (QED) is 0.511. The van der Waals surface area contributed by atoms with Crippen LogP contribution < -0.4 is 0 Å². The summed E-state index contributed by atoms with van der Waals surface area (Å²) in [7, 11) is 0. The highest BCUT2D eigenvalue weighted by Gasteiger charge is 2.25. The van der Waals surface area contributed by atoms with Gasteiger partial charge in [-0.1, -0.05) is 0 Å². The van der Waals surface area contributed by atoms with Crippen LogP contribution in [0.2, 0.25) is 0 Å². The first-order chi connectivity index (χ1) is 5.29. The molecule has 0 bridgehead atoms. The summed E-state index contributed by atoms with van der Waals surface area (Å²) >= 11 is 0. The van der Waals surface area contributed by atoms with Crippen LogP contribution in [0.5, 0.6) is 0 Å². The van der Waals surface area contributed by atoms with E-state index in [2.05, 4.69) is 4.99 Å². The van der Waals surface area contributed by atoms with Crippen molar-refractivity contribution in [2.75, 3.05) is 6.61 Å². The van der Waals surface area contributed by atoms with Crippen LogP contribution >= 0.6 is 0 Å². The maximum atomic E-state index is 11.1. The van der Waals surface area contributed by atoms with E-state index in [-0.39, 0.29) is 5.91 Å². The van der Waals surface area contributed by atoms with Crippen LogP contribution in [0.25, 0.3) is 0 Å². The SMILES string of the molecule is CC1=C2C(=O)N=CC=C2OC1. The summed E-state index contributed by atoms with van der Waals surface area (Å²) in [5, 5.41) is 0. The topological polar surface area (TPSA) is 38.7 Å². The Balaban J connectivity index is 2.54. The fraction of sp³-hybridized carbons (Fsp3) is 0.250. The summed E-state index contributed by atoms with van der Waals surface area (Å²) in [6.07, 6.45) is 3.19. The highest BCUT2D eigenvalue weighted by atomic mass is 16.5. The third-order valence-corrected chi connectivity index (χ3v) is 1.75. The van der Waals surface area contributed by atoms with Gasteiger partial charge in [0, 0.05) is 6.21 Å². The van der Waals surface area contributed by atoms with Crippen molar-refractivity contribution in [3.8, 4) is 0 Å². The molecule has 2 aliphatic heterocycles. The fourth-order valence-electron chi connectivity index (χ4n) is 1.20. The smallest absolute Gasteiger partial charge is 0.280 e. The van der Waals surface area contributed by atoms with Gasteiger partial charge < -0.3 is 4.74 Å². The Kier molecular flexibility index (Phi) is 1.18. The molecule has 0 aromatic rings. The second-order valence-electron chi connectivity index (χ2n) is 2.56. The van der Waals surface area contributed by atoms with Crippen LogP contribution in [-0.2, 0) is 9.53 Å². The van der Waals surface area contributed by atoms with Gasteiger partial charge in [-0.15, -0.1) is 0 Å². The zero-order valence-electron chi connectivity index (χ0n) is 6.13. The van der Waals surface area contributed by atoms with Crippen LogP contribution in [0.3, 0.4) is 0 Å². The molecule has 3 nitrogen and oxygen atoms in total. The highest BCUT2D eigenvalue weighted by molar-refractivity contribution is 6.07. The molecule has 2 heterocycles. The molecule has 11 heavy (non-hydrogen) atoms. The molecule has 0 atom stereocenters. The first kappa shape index (κ1) is 6.34. The maximum Gasteiger partial charge on any atom is 0.280 e. The van der Waals surface area contributed by atoms with E-state index in [1.807, 2.05) is 6.92 Å². The first-order valence-electron chi connectivity index (χ1n) is 3.40. The van der Waals surface area contributed by atoms with Gasteiger partial charge in [-0.2, -0.15) is 0 Å². The van der Waals surface area contributed by atoms with Gasteiger partial charge in [0.1, 0.15) is 12.4 Å². The number of allylic oxidation sites excluding steroid dienone is 1. The van der Waals surface area contributed by atoms with Crippen molar-refractivity contribution in [3.05, 3.63) is 23.0 Å². The normalized spacial score (nSPS) is 21.5. The average Bonchev–Trinajstić information content (AvgIpc) is 2.34. The lowest BCUT2D eigenvalue weighted by molar-refractivity contribution is -0.114. The molecule has 2 rings (SSSR count). The zero-order chi connectivity index (χ0) is 7.84. The molecule has 0 N–H and O–H groups in total. The van der Waals surface area contributed by atoms with Crippen molar-refractivity contribution in [3.63, 3.8) is 0 Å². The second-order valence-corrected chi connectivity index (χ2v) is 2.56. The van der Waals surface area contributed by atoms with E-state index in [1.54, 1.807) is 6.08 Å². The Morgan fingerprint density at radius 3 is 3.18 bits per heavy atom. The number of amides is 1. The van der Waals surface area contributed by atoms with E-state index in [0.717, 1.165) is 5.57 Å². The molecule has 0 saturated carbocycles. The van der Waals surface area contributed by atoms with Crippen molar-refractivity contribution in [1.29, 1.82) is 0 Å². The first-order valence-corrected chi connectivity index (χ1v) is 3.40. The molecular formula is C8H7NO2. The van der Waals surface area contributed by atoms with Gasteiger partial charge in [0.15, 0.2) is 0 Å². The molecule has 0 saturated heterocycles. The molecule has 0 radical (unpaired) electrons. The largest absolute Gasteiger partial charge is 0.488 e. The van der Waals surface area contributed by atoms with E-state index in [1.165, 1.54) is 6.21 Å². The van der Waals surface area contributed by atoms with E-state index < -0.39 is 0 Å². The molecule has 56 valence electrons. The number of carbonyl (C=O) groups excluding carboxylic acids is 1. The minimum atomic E-state index is -0.183. The monoisotopic (exact) mass is 149 g/mol. The average molecular weight is 149 g/mol. The van der Waals surface area contributed by atoms with Gasteiger partial charge in [-0.3, -0.25) is 4.79 Å². The van der Waals surface area contributed by atoms with Gasteiger partial charge in [0.25, 0.3) is 5.91 Å². The van der Waals surface area contributed by atoms with Crippen molar-refractivity contribution in [2.24, 2.45) is 4.99 Å². The number of hydrogen-bond donors (Lipinski definition) is 0. The van der Waals surface area contributed by atoms with Gasteiger partial charge in [0.2, 0.25) is 0 Å². The van der Waals surface area contributed by atoms with E-state index in [9.17, 15) is 4.79 Å². The van der Waals surface area contributed by atoms with Crippen LogP contribution in [-0.4, -0.2) is 18.7 Å². The zero-order valence-corrected chi connectivity index (χ0v) is 6.13. The Bertz CT molecular complexity index is 310. The third-order valence-electron chi connectivity index (χ3n) is 1.75. The van der Waals surface area contributed by atoms with Crippen molar-refractivity contribution in [2.45, 2.75) is 6.92 Å². The number of hydrogen-bond acceptors (Lipinski definition) is 2. The van der Waals surface area contributed by atoms with Crippen LogP contribution in [0.4, 0.5) is 0 Å². The number of rotatable bonds is 0. The Morgan fingerprint density at radius 1 is 1.64 bits per heavy atom. The number of ether oxygens (including phenoxy) is 1. The number of carbonyl (C=O) groups is 1. The minimum Gasteiger partial charge on any atom is -0.488 e. The van der Waals surface area contributed by atoms with Crippen LogP contribution in [0.1, 0.15) is 6.92 Å². The lowest BCUT2D eigenvalue weighted by Gasteiger charge is -2.03. The number of nitrogens with zero attached hydrogens (tertiary/aromatic N) is 1. The Labute approximate surface area is 64.1 Å². The van der Waals surface area contributed by atoms with E-state index in [0.29, 0.717) is 17.9 Å². The molecule has 0 unspecified atom stereocenters. The van der Waals surface area contributed by atoms with Crippen LogP contribution in [0.15, 0.2) is 28.0 Å². The molecule has 2 aliphatic rings. The molecule has 3 heteroatoms. The predicted molar refractivity (Wildman–Crippen MR) is 40.2 cm³/mol. The minimum absolute atomic E-state index is 0.183. The molecule has 0 aliphatic carbocycles. The number of fused-ring (bicyclic) bond motifs is 1. The Morgan fingerprint density at radius 2 is 2.45 bits per heavy atom. The van der Waals surface area contributed by atoms with Gasteiger partial charge in [0.05, 0.1) is 5.57 Å². The van der Waals surface area contributed by atoms with Gasteiger partial charge in [-0.25, -0.2) is 4.99 Å². The predicted octanol–water partition coefficient (Wildman–Crippen LogP) is 0.828. The summed E-state index contributed by atoms with van der Waals surface area (Å²) < 4.78 is 5.21. The van der Waals surface area contributed by atoms with Crippen molar-refractivity contribution in [1.82, 2.24) is 0 Å². The summed E-state index contributed by atoms with van der Waals surface area (Å²) in [5.74, 6) is 0.486. The molecule has 0 aromatic carbocycles. The fourth-order valence-corrected chi connectivity index (χ4v) is 1.20. The van der Waals surface area contributed by atoms with E-state index >= 15 is 0 Å². The molecule has 0 spiro atoms. The van der Waals surface area contributed by atoms with Crippen molar-refractivity contribution < 1.29 is 9.53 Å². The Hall–Kier alpha value is -1.38. The van der Waals surface area contributed by atoms with Gasteiger partial charge in [-0.05, 0) is 18.6 Å². The van der Waals surface area contributed by atoms with Crippen molar-refractivity contribution >= 4 is 12.1 Å². The lowest BCUT2D eigenvalue weighted by atomic mass is 10.1. The maximum absolute atomic E-state index is 11.1. The molecule has 0 aromatic heterocycles. The van der Waals surface area contributed by atoms with Crippen LogP contribution in [0, 0.1) is 0 Å². The number of dihydropyridines is 1. The van der Waals surface area contributed by atoms with Gasteiger partial charge >= 0.3 is 0 Å². The molecule has 1 amide bonds. The third kappa shape index (κ3) is 0.808. The van der Waals surface area contributed by atoms with E-state index in [4.69, 9.17) is 4.74 Å². The summed E-state index contributed by atoms with van der Waals surface area (Å²) in [6, 6.07) is 0. The highest BCUT2D eigenvalue weighted by Crippen LogP contribution is 2.26. The lowest BCUT2D eigenvalue weighted by Crippen LogP contribution is -2.05. The standard InChI is InChI=1S/C8H7NO2/c1-5-4-11-6-2-3-9-8(10)7(5)6/h2-3H,4H2,1H3.